The molecule has 0 fully saturated rings. The maximum atomic E-state index is 3.43. The van der Waals surface area contributed by atoms with Gasteiger partial charge in [-0.15, -0.1) is 11.8 Å². The van der Waals surface area contributed by atoms with E-state index in [0.717, 1.165) is 5.69 Å². The van der Waals surface area contributed by atoms with Crippen molar-refractivity contribution in [1.29, 1.82) is 0 Å². The Kier molecular flexibility index (Phi) is 3.52. The third-order valence-electron chi connectivity index (χ3n) is 2.41. The molecule has 2 aromatic carbocycles. The average Bonchev–Trinajstić information content (AvgIpc) is 2.33. The van der Waals surface area contributed by atoms with Crippen LogP contribution in [0.5, 0.6) is 0 Å². The molecule has 82 valence electrons. The number of anilines is 2. The first-order valence-electron chi connectivity index (χ1n) is 5.26. The summed E-state index contributed by atoms with van der Waals surface area (Å²) in [7, 11) is 0. The van der Waals surface area contributed by atoms with Crippen molar-refractivity contribution in [3.63, 3.8) is 0 Å². The lowest BCUT2D eigenvalue weighted by molar-refractivity contribution is 1.35. The molecule has 0 atom stereocenters. The van der Waals surface area contributed by atoms with E-state index >= 15 is 0 Å². The molecule has 0 spiro atoms. The topological polar surface area (TPSA) is 12.0 Å². The zero-order valence-electron chi connectivity index (χ0n) is 9.53. The molecule has 0 radical (unpaired) electrons. The predicted molar refractivity (Wildman–Crippen MR) is 72.7 cm³/mol. The van der Waals surface area contributed by atoms with Crippen molar-refractivity contribution >= 4 is 23.1 Å². The van der Waals surface area contributed by atoms with Crippen molar-refractivity contribution in [3.8, 4) is 0 Å². The second kappa shape index (κ2) is 5.08. The van der Waals surface area contributed by atoms with Crippen LogP contribution in [0.4, 0.5) is 11.4 Å². The van der Waals surface area contributed by atoms with Gasteiger partial charge in [0.15, 0.2) is 0 Å². The lowest BCUT2D eigenvalue weighted by Gasteiger charge is -2.11. The third-order valence-corrected chi connectivity index (χ3v) is 3.19. The first-order valence-corrected chi connectivity index (χ1v) is 6.49. The number of nitrogens with one attached hydrogen (secondary N) is 1. The smallest absolute Gasteiger partial charge is 0.0522 e. The van der Waals surface area contributed by atoms with Crippen molar-refractivity contribution in [3.05, 3.63) is 54.1 Å². The van der Waals surface area contributed by atoms with Crippen LogP contribution in [-0.2, 0) is 0 Å². The highest BCUT2D eigenvalue weighted by atomic mass is 32.2. The van der Waals surface area contributed by atoms with Crippen LogP contribution < -0.4 is 5.32 Å². The Hall–Kier alpha value is -1.41. The molecule has 16 heavy (non-hydrogen) atoms. The van der Waals surface area contributed by atoms with E-state index in [-0.39, 0.29) is 0 Å². The first-order chi connectivity index (χ1) is 7.79. The van der Waals surface area contributed by atoms with Crippen LogP contribution >= 0.6 is 11.8 Å². The van der Waals surface area contributed by atoms with Crippen LogP contribution in [0.25, 0.3) is 0 Å². The van der Waals surface area contributed by atoms with Gasteiger partial charge in [0.05, 0.1) is 5.69 Å². The molecule has 2 rings (SSSR count). The average molecular weight is 229 g/mol. The maximum Gasteiger partial charge on any atom is 0.0522 e. The monoisotopic (exact) mass is 229 g/mol. The Labute approximate surface area is 101 Å². The maximum absolute atomic E-state index is 3.43. The molecule has 0 bridgehead atoms. The molecular formula is C14H15NS. The van der Waals surface area contributed by atoms with Gasteiger partial charge in [-0.2, -0.15) is 0 Å². The number of benzene rings is 2. The fourth-order valence-electron chi connectivity index (χ4n) is 1.58. The highest BCUT2D eigenvalue weighted by Crippen LogP contribution is 2.28. The van der Waals surface area contributed by atoms with Crippen LogP contribution in [0, 0.1) is 6.92 Å². The molecule has 2 aromatic rings. The molecule has 0 aromatic heterocycles. The number of aryl methyl sites for hydroxylation is 1. The quantitative estimate of drug-likeness (QED) is 0.780. The summed E-state index contributed by atoms with van der Waals surface area (Å²) in [6, 6.07) is 16.7. The van der Waals surface area contributed by atoms with E-state index in [4.69, 9.17) is 0 Å². The Balaban J connectivity index is 2.28. The van der Waals surface area contributed by atoms with Crippen LogP contribution in [-0.4, -0.2) is 6.26 Å². The second-order valence-corrected chi connectivity index (χ2v) is 4.54. The Morgan fingerprint density at radius 3 is 2.44 bits per heavy atom. The molecule has 1 nitrogen and oxygen atoms in total. The minimum atomic E-state index is 1.13. The van der Waals surface area contributed by atoms with Crippen molar-refractivity contribution < 1.29 is 0 Å². The van der Waals surface area contributed by atoms with Crippen molar-refractivity contribution in [1.82, 2.24) is 0 Å². The normalized spacial score (nSPS) is 10.1. The Bertz CT molecular complexity index is 465. The van der Waals surface area contributed by atoms with Gasteiger partial charge in [0.25, 0.3) is 0 Å². The number of hydrogen-bond donors (Lipinski definition) is 1. The van der Waals surface area contributed by atoms with Gasteiger partial charge >= 0.3 is 0 Å². The summed E-state index contributed by atoms with van der Waals surface area (Å²) in [5, 5.41) is 3.43. The minimum Gasteiger partial charge on any atom is -0.355 e. The third kappa shape index (κ3) is 2.58. The summed E-state index contributed by atoms with van der Waals surface area (Å²) in [5.41, 5.74) is 3.59. The van der Waals surface area contributed by atoms with Crippen LogP contribution in [0.1, 0.15) is 5.56 Å². The summed E-state index contributed by atoms with van der Waals surface area (Å²) in [6.07, 6.45) is 2.10. The van der Waals surface area contributed by atoms with Crippen molar-refractivity contribution in [2.45, 2.75) is 11.8 Å². The summed E-state index contributed by atoms with van der Waals surface area (Å²) < 4.78 is 0. The summed E-state index contributed by atoms with van der Waals surface area (Å²) in [4.78, 5) is 1.28. The van der Waals surface area contributed by atoms with Gasteiger partial charge in [0.1, 0.15) is 0 Å². The van der Waals surface area contributed by atoms with Gasteiger partial charge in [0, 0.05) is 10.6 Å². The highest BCUT2D eigenvalue weighted by molar-refractivity contribution is 7.98. The van der Waals surface area contributed by atoms with E-state index in [9.17, 15) is 0 Å². The lowest BCUT2D eigenvalue weighted by Crippen LogP contribution is -1.92. The van der Waals surface area contributed by atoms with E-state index in [1.165, 1.54) is 16.1 Å². The number of para-hydroxylation sites is 1. The summed E-state index contributed by atoms with van der Waals surface area (Å²) in [5.74, 6) is 0. The molecule has 0 aliphatic heterocycles. The first kappa shape index (κ1) is 11.1. The molecule has 2 heteroatoms. The van der Waals surface area contributed by atoms with E-state index < -0.39 is 0 Å². The zero-order valence-corrected chi connectivity index (χ0v) is 10.3. The minimum absolute atomic E-state index is 1.13. The van der Waals surface area contributed by atoms with Crippen LogP contribution in [0.15, 0.2) is 53.4 Å². The van der Waals surface area contributed by atoms with E-state index in [1.54, 1.807) is 11.8 Å². The summed E-state index contributed by atoms with van der Waals surface area (Å²) >= 11 is 1.77. The van der Waals surface area contributed by atoms with E-state index in [1.807, 2.05) is 18.2 Å². The summed E-state index contributed by atoms with van der Waals surface area (Å²) in [6.45, 7) is 2.12. The van der Waals surface area contributed by atoms with Gasteiger partial charge in [-0.05, 0) is 43.0 Å². The fourth-order valence-corrected chi connectivity index (χ4v) is 2.22. The van der Waals surface area contributed by atoms with E-state index in [2.05, 4.69) is 48.8 Å². The molecule has 0 saturated heterocycles. The zero-order chi connectivity index (χ0) is 11.4. The molecule has 0 amide bonds. The van der Waals surface area contributed by atoms with Gasteiger partial charge in [0.2, 0.25) is 0 Å². The SMILES string of the molecule is CSc1cc(C)ccc1Nc1ccccc1. The number of hydrogen-bond acceptors (Lipinski definition) is 2. The fraction of sp³-hybridized carbons (Fsp3) is 0.143. The Morgan fingerprint density at radius 1 is 1.00 bits per heavy atom. The van der Waals surface area contributed by atoms with Gasteiger partial charge < -0.3 is 5.32 Å². The molecule has 0 aliphatic rings. The second-order valence-electron chi connectivity index (χ2n) is 3.69. The Morgan fingerprint density at radius 2 is 1.75 bits per heavy atom. The van der Waals surface area contributed by atoms with Crippen molar-refractivity contribution in [2.75, 3.05) is 11.6 Å². The molecule has 0 aliphatic carbocycles. The van der Waals surface area contributed by atoms with E-state index in [0.29, 0.717) is 0 Å². The standard InChI is InChI=1S/C14H15NS/c1-11-8-9-13(14(10-11)16-2)15-12-6-4-3-5-7-12/h3-10,15H,1-2H3. The van der Waals surface area contributed by atoms with Crippen LogP contribution in [0.3, 0.4) is 0 Å². The molecule has 0 unspecified atom stereocenters. The van der Waals surface area contributed by atoms with Crippen LogP contribution in [0.2, 0.25) is 0 Å². The largest absolute Gasteiger partial charge is 0.355 e. The number of rotatable bonds is 3. The molecule has 1 N–H and O–H groups in total. The molecule has 0 heterocycles. The van der Waals surface area contributed by atoms with Gasteiger partial charge in [-0.25, -0.2) is 0 Å². The highest BCUT2D eigenvalue weighted by Gasteiger charge is 2.01. The van der Waals surface area contributed by atoms with Gasteiger partial charge in [-0.3, -0.25) is 0 Å². The van der Waals surface area contributed by atoms with Gasteiger partial charge in [-0.1, -0.05) is 24.3 Å². The lowest BCUT2D eigenvalue weighted by atomic mass is 10.2. The number of thioether (sulfide) groups is 1. The van der Waals surface area contributed by atoms with Crippen molar-refractivity contribution in [2.24, 2.45) is 0 Å². The molecule has 0 saturated carbocycles. The molecular weight excluding hydrogens is 214 g/mol. The predicted octanol–water partition coefficient (Wildman–Crippen LogP) is 4.46.